The van der Waals surface area contributed by atoms with E-state index in [1.807, 2.05) is 0 Å². The maximum absolute atomic E-state index is 12.8. The van der Waals surface area contributed by atoms with E-state index >= 15 is 0 Å². The molecule has 2 aromatic carbocycles. The molecule has 186 valence electrons. The number of anilines is 2. The summed E-state index contributed by atoms with van der Waals surface area (Å²) < 4.78 is 38.5. The number of ketones is 1. The Morgan fingerprint density at radius 1 is 0.861 bits per heavy atom. The van der Waals surface area contributed by atoms with Crippen LogP contribution in [0.3, 0.4) is 0 Å². The fourth-order valence-electron chi connectivity index (χ4n) is 4.28. The van der Waals surface area contributed by atoms with Crippen LogP contribution in [0.4, 0.5) is 29.3 Å². The Labute approximate surface area is 204 Å². The van der Waals surface area contributed by atoms with Crippen LogP contribution in [0.15, 0.2) is 66.9 Å². The number of nitrogens with zero attached hydrogens (tertiary/aromatic N) is 1. The number of nitrogens with one attached hydrogen (secondary N) is 2. The van der Waals surface area contributed by atoms with Gasteiger partial charge in [-0.1, -0.05) is 30.7 Å². The number of urea groups is 1. The Hall–Kier alpha value is -4.21. The molecule has 0 bridgehead atoms. The number of carboxylic acids is 1. The lowest BCUT2D eigenvalue weighted by Crippen LogP contribution is -2.25. The van der Waals surface area contributed by atoms with E-state index in [1.54, 1.807) is 36.4 Å². The van der Waals surface area contributed by atoms with Crippen LogP contribution in [0.1, 0.15) is 35.3 Å². The average Bonchev–Trinajstić information content (AvgIpc) is 3.34. The van der Waals surface area contributed by atoms with Crippen LogP contribution in [-0.2, 0) is 11.0 Å². The van der Waals surface area contributed by atoms with E-state index in [0.717, 1.165) is 17.7 Å². The SMILES string of the molecule is O=C(Nc1ccc(-c2ccc(C(=O)[C@H]3CCC[C@@H]3C(=O)O)nc2)cc1)Nc1cccc(C(F)(F)F)c1. The first-order valence-electron chi connectivity index (χ1n) is 11.2. The number of Topliss-reactive ketones (excluding diaryl/α,β-unsaturated/α-hetero) is 1. The summed E-state index contributed by atoms with van der Waals surface area (Å²) >= 11 is 0. The number of aromatic nitrogens is 1. The van der Waals surface area contributed by atoms with Crippen LogP contribution in [-0.4, -0.2) is 27.9 Å². The molecule has 0 saturated heterocycles. The molecule has 3 N–H and O–H groups in total. The number of carbonyl (C=O) groups is 3. The zero-order valence-electron chi connectivity index (χ0n) is 18.9. The number of benzene rings is 2. The molecule has 1 aromatic heterocycles. The van der Waals surface area contributed by atoms with E-state index in [4.69, 9.17) is 0 Å². The van der Waals surface area contributed by atoms with Crippen LogP contribution < -0.4 is 10.6 Å². The smallest absolute Gasteiger partial charge is 0.416 e. The minimum atomic E-state index is -4.51. The van der Waals surface area contributed by atoms with Crippen LogP contribution in [0.25, 0.3) is 11.1 Å². The highest BCUT2D eigenvalue weighted by molar-refractivity contribution is 6.00. The average molecular weight is 497 g/mol. The van der Waals surface area contributed by atoms with Crippen LogP contribution in [0, 0.1) is 11.8 Å². The van der Waals surface area contributed by atoms with E-state index in [1.165, 1.54) is 18.3 Å². The second-order valence-electron chi connectivity index (χ2n) is 8.51. The molecule has 36 heavy (non-hydrogen) atoms. The van der Waals surface area contributed by atoms with E-state index in [0.29, 0.717) is 30.5 Å². The number of carboxylic acid groups (broad SMARTS) is 1. The van der Waals surface area contributed by atoms with Gasteiger partial charge in [-0.2, -0.15) is 13.2 Å². The van der Waals surface area contributed by atoms with Gasteiger partial charge >= 0.3 is 18.2 Å². The summed E-state index contributed by atoms with van der Waals surface area (Å²) in [6.45, 7) is 0. The number of hydrogen-bond donors (Lipinski definition) is 3. The van der Waals surface area contributed by atoms with Crippen molar-refractivity contribution in [2.75, 3.05) is 10.6 Å². The molecule has 4 rings (SSSR count). The maximum Gasteiger partial charge on any atom is 0.416 e. The summed E-state index contributed by atoms with van der Waals surface area (Å²) in [4.78, 5) is 40.5. The van der Waals surface area contributed by atoms with Crippen molar-refractivity contribution in [3.8, 4) is 11.1 Å². The number of hydrogen-bond acceptors (Lipinski definition) is 4. The molecule has 1 aliphatic rings. The summed E-state index contributed by atoms with van der Waals surface area (Å²) in [6.07, 6.45) is -1.26. The summed E-state index contributed by atoms with van der Waals surface area (Å²) in [7, 11) is 0. The lowest BCUT2D eigenvalue weighted by molar-refractivity contribution is -0.142. The van der Waals surface area contributed by atoms with Crippen molar-refractivity contribution >= 4 is 29.2 Å². The van der Waals surface area contributed by atoms with E-state index in [-0.39, 0.29) is 17.2 Å². The molecule has 2 amide bonds. The molecule has 3 aromatic rings. The third kappa shape index (κ3) is 5.70. The van der Waals surface area contributed by atoms with Crippen molar-refractivity contribution in [2.45, 2.75) is 25.4 Å². The van der Waals surface area contributed by atoms with Gasteiger partial charge in [-0.15, -0.1) is 0 Å². The Bertz CT molecular complexity index is 1270. The first-order valence-corrected chi connectivity index (χ1v) is 11.2. The number of halogens is 3. The van der Waals surface area contributed by atoms with Gasteiger partial charge in [0, 0.05) is 29.1 Å². The lowest BCUT2D eigenvalue weighted by Gasteiger charge is -2.14. The molecule has 1 fully saturated rings. The second-order valence-corrected chi connectivity index (χ2v) is 8.51. The van der Waals surface area contributed by atoms with Gasteiger partial charge in [0.1, 0.15) is 5.69 Å². The number of aliphatic carboxylic acids is 1. The van der Waals surface area contributed by atoms with Gasteiger partial charge in [-0.3, -0.25) is 14.6 Å². The number of alkyl halides is 3. The summed E-state index contributed by atoms with van der Waals surface area (Å²) in [5.41, 5.74) is 1.26. The van der Waals surface area contributed by atoms with E-state index < -0.39 is 35.6 Å². The van der Waals surface area contributed by atoms with Gasteiger partial charge in [0.2, 0.25) is 0 Å². The molecule has 7 nitrogen and oxygen atoms in total. The fourth-order valence-corrected chi connectivity index (χ4v) is 4.28. The van der Waals surface area contributed by atoms with Gasteiger partial charge in [-0.25, -0.2) is 4.79 Å². The normalized spacial score (nSPS) is 17.4. The van der Waals surface area contributed by atoms with Gasteiger partial charge in [0.25, 0.3) is 0 Å². The number of rotatable bonds is 6. The lowest BCUT2D eigenvalue weighted by atomic mass is 9.90. The third-order valence-corrected chi connectivity index (χ3v) is 6.11. The maximum atomic E-state index is 12.8. The van der Waals surface area contributed by atoms with Gasteiger partial charge in [0.05, 0.1) is 11.5 Å². The summed E-state index contributed by atoms with van der Waals surface area (Å²) in [5.74, 6) is -2.46. The predicted octanol–water partition coefficient (Wildman–Crippen LogP) is 6.10. The Balaban J connectivity index is 1.38. The Morgan fingerprint density at radius 3 is 2.17 bits per heavy atom. The molecule has 10 heteroatoms. The minimum absolute atomic E-state index is 0.00642. The molecule has 0 radical (unpaired) electrons. The first-order chi connectivity index (χ1) is 17.1. The highest BCUT2D eigenvalue weighted by Gasteiger charge is 2.38. The van der Waals surface area contributed by atoms with E-state index in [2.05, 4.69) is 15.6 Å². The quantitative estimate of drug-likeness (QED) is 0.357. The molecule has 0 unspecified atom stereocenters. The minimum Gasteiger partial charge on any atom is -0.481 e. The van der Waals surface area contributed by atoms with Crippen molar-refractivity contribution in [1.82, 2.24) is 4.98 Å². The molecule has 1 aliphatic carbocycles. The number of amides is 2. The topological polar surface area (TPSA) is 108 Å². The zero-order valence-corrected chi connectivity index (χ0v) is 18.9. The Morgan fingerprint density at radius 2 is 1.53 bits per heavy atom. The van der Waals surface area contributed by atoms with Crippen LogP contribution in [0.2, 0.25) is 0 Å². The summed E-state index contributed by atoms with van der Waals surface area (Å²) in [5, 5.41) is 14.2. The molecule has 1 saturated carbocycles. The predicted molar refractivity (Wildman–Crippen MR) is 127 cm³/mol. The van der Waals surface area contributed by atoms with Crippen molar-refractivity contribution < 1.29 is 32.7 Å². The number of pyridine rings is 1. The summed E-state index contributed by atoms with van der Waals surface area (Å²) in [6, 6.07) is 13.6. The standard InChI is InChI=1S/C26H22F3N3O4/c27-26(28,29)17-3-1-4-19(13-17)32-25(36)31-18-10-7-15(8-11-18)16-9-12-22(30-14-16)23(33)20-5-2-6-21(20)24(34)35/h1,3-4,7-14,20-21H,2,5-6H2,(H,34,35)(H2,31,32,36)/t20-,21-/m0/s1. The second kappa shape index (κ2) is 10.2. The highest BCUT2D eigenvalue weighted by atomic mass is 19.4. The van der Waals surface area contributed by atoms with Gasteiger partial charge < -0.3 is 15.7 Å². The van der Waals surface area contributed by atoms with Crippen molar-refractivity contribution in [3.63, 3.8) is 0 Å². The zero-order chi connectivity index (χ0) is 25.9. The largest absolute Gasteiger partial charge is 0.481 e. The first kappa shape index (κ1) is 24.9. The van der Waals surface area contributed by atoms with Crippen molar-refractivity contribution in [1.29, 1.82) is 0 Å². The highest BCUT2D eigenvalue weighted by Crippen LogP contribution is 2.34. The molecule has 0 spiro atoms. The molecule has 1 heterocycles. The van der Waals surface area contributed by atoms with Crippen LogP contribution in [0.5, 0.6) is 0 Å². The van der Waals surface area contributed by atoms with Gasteiger partial charge in [-0.05, 0) is 54.8 Å². The third-order valence-electron chi connectivity index (χ3n) is 6.11. The Kier molecular flexibility index (Phi) is 7.05. The van der Waals surface area contributed by atoms with Gasteiger partial charge in [0.15, 0.2) is 5.78 Å². The monoisotopic (exact) mass is 497 g/mol. The molecule has 2 atom stereocenters. The molecular weight excluding hydrogens is 475 g/mol. The van der Waals surface area contributed by atoms with Crippen molar-refractivity contribution in [3.05, 3.63) is 78.1 Å². The fraction of sp³-hybridized carbons (Fsp3) is 0.231. The van der Waals surface area contributed by atoms with Crippen LogP contribution >= 0.6 is 0 Å². The molecular formula is C26H22F3N3O4. The van der Waals surface area contributed by atoms with Crippen molar-refractivity contribution in [2.24, 2.45) is 11.8 Å². The van der Waals surface area contributed by atoms with E-state index in [9.17, 15) is 32.7 Å². The number of carbonyl (C=O) groups excluding carboxylic acids is 2. The molecule has 0 aliphatic heterocycles.